The van der Waals surface area contributed by atoms with Crippen molar-refractivity contribution in [2.45, 2.75) is 6.92 Å². The lowest BCUT2D eigenvalue weighted by Gasteiger charge is -2.09. The van der Waals surface area contributed by atoms with Crippen LogP contribution in [-0.2, 0) is 0 Å². The van der Waals surface area contributed by atoms with Gasteiger partial charge in [-0.15, -0.1) is 0 Å². The fourth-order valence-electron chi connectivity index (χ4n) is 1.72. The molecule has 0 unspecified atom stereocenters. The van der Waals surface area contributed by atoms with Gasteiger partial charge in [-0.25, -0.2) is 0 Å². The second-order valence-corrected chi connectivity index (χ2v) is 4.30. The van der Waals surface area contributed by atoms with Crippen LogP contribution in [0, 0.1) is 0 Å². The highest BCUT2D eigenvalue weighted by Crippen LogP contribution is 2.31. The van der Waals surface area contributed by atoms with Crippen molar-refractivity contribution in [2.75, 3.05) is 7.11 Å². The molecular weight excluding hydrogens is 250 g/mol. The number of hydrogen-bond donors (Lipinski definition) is 0. The van der Waals surface area contributed by atoms with Crippen molar-refractivity contribution in [3.05, 3.63) is 47.2 Å². The molecule has 0 spiro atoms. The van der Waals surface area contributed by atoms with Gasteiger partial charge in [0.2, 0.25) is 0 Å². The van der Waals surface area contributed by atoms with Crippen molar-refractivity contribution < 1.29 is 9.53 Å². The molecule has 0 aliphatic rings. The molecule has 1 heterocycles. The van der Waals surface area contributed by atoms with E-state index in [0.717, 1.165) is 11.1 Å². The zero-order valence-electron chi connectivity index (χ0n) is 10.1. The molecule has 3 nitrogen and oxygen atoms in total. The topological polar surface area (TPSA) is 39.2 Å². The normalized spacial score (nSPS) is 10.2. The van der Waals surface area contributed by atoms with Crippen LogP contribution in [0.15, 0.2) is 36.7 Å². The molecule has 0 fully saturated rings. The molecule has 2 aromatic rings. The minimum Gasteiger partial charge on any atom is -0.496 e. The van der Waals surface area contributed by atoms with Gasteiger partial charge < -0.3 is 4.74 Å². The molecule has 0 saturated carbocycles. The van der Waals surface area contributed by atoms with Crippen LogP contribution in [0.5, 0.6) is 5.75 Å². The fourth-order valence-corrected chi connectivity index (χ4v) is 1.96. The van der Waals surface area contributed by atoms with E-state index >= 15 is 0 Å². The molecule has 1 aromatic carbocycles. The predicted molar refractivity (Wildman–Crippen MR) is 71.2 cm³/mol. The summed E-state index contributed by atoms with van der Waals surface area (Å²) in [6.45, 7) is 1.51. The van der Waals surface area contributed by atoms with E-state index in [1.165, 1.54) is 6.92 Å². The number of ketones is 1. The van der Waals surface area contributed by atoms with Crippen molar-refractivity contribution in [1.82, 2.24) is 4.98 Å². The number of pyridine rings is 1. The summed E-state index contributed by atoms with van der Waals surface area (Å²) < 4.78 is 5.27. The first-order valence-electron chi connectivity index (χ1n) is 5.41. The van der Waals surface area contributed by atoms with Crippen LogP contribution >= 0.6 is 11.6 Å². The first-order chi connectivity index (χ1) is 8.61. The van der Waals surface area contributed by atoms with Gasteiger partial charge in [0.05, 0.1) is 7.11 Å². The average molecular weight is 262 g/mol. The number of benzene rings is 1. The molecule has 0 aliphatic carbocycles. The van der Waals surface area contributed by atoms with Crippen molar-refractivity contribution in [3.63, 3.8) is 0 Å². The number of rotatable bonds is 3. The largest absolute Gasteiger partial charge is 0.496 e. The summed E-state index contributed by atoms with van der Waals surface area (Å²) in [4.78, 5) is 15.5. The molecule has 0 aliphatic heterocycles. The molecule has 2 rings (SSSR count). The molecule has 4 heteroatoms. The smallest absolute Gasteiger partial charge is 0.159 e. The van der Waals surface area contributed by atoms with Gasteiger partial charge in [-0.05, 0) is 36.8 Å². The maximum Gasteiger partial charge on any atom is 0.159 e. The van der Waals surface area contributed by atoms with Crippen LogP contribution in [0.1, 0.15) is 17.3 Å². The molecule has 0 radical (unpaired) electrons. The first-order valence-corrected chi connectivity index (χ1v) is 5.79. The van der Waals surface area contributed by atoms with Crippen molar-refractivity contribution in [3.8, 4) is 16.9 Å². The number of carbonyl (C=O) groups is 1. The first kappa shape index (κ1) is 12.6. The molecule has 1 aromatic heterocycles. The number of halogens is 1. The molecule has 0 atom stereocenters. The highest BCUT2D eigenvalue weighted by molar-refractivity contribution is 6.31. The van der Waals surface area contributed by atoms with Crippen molar-refractivity contribution in [2.24, 2.45) is 0 Å². The van der Waals surface area contributed by atoms with E-state index in [0.29, 0.717) is 16.3 Å². The predicted octanol–water partition coefficient (Wildman–Crippen LogP) is 3.61. The van der Waals surface area contributed by atoms with Gasteiger partial charge in [0.15, 0.2) is 5.78 Å². The van der Waals surface area contributed by atoms with E-state index in [9.17, 15) is 4.79 Å². The van der Waals surface area contributed by atoms with E-state index in [-0.39, 0.29) is 5.78 Å². The van der Waals surface area contributed by atoms with Gasteiger partial charge in [-0.1, -0.05) is 11.6 Å². The fraction of sp³-hybridized carbons (Fsp3) is 0.143. The number of aromatic nitrogens is 1. The second-order valence-electron chi connectivity index (χ2n) is 3.86. The summed E-state index contributed by atoms with van der Waals surface area (Å²) in [6, 6.07) is 6.99. The van der Waals surface area contributed by atoms with E-state index in [1.807, 2.05) is 0 Å². The summed E-state index contributed by atoms with van der Waals surface area (Å²) in [5.74, 6) is 0.670. The Labute approximate surface area is 110 Å². The third-order valence-corrected chi connectivity index (χ3v) is 2.83. The van der Waals surface area contributed by atoms with Crippen LogP contribution < -0.4 is 4.74 Å². The molecule has 0 amide bonds. The van der Waals surface area contributed by atoms with E-state index in [1.54, 1.807) is 43.8 Å². The Bertz CT molecular complexity index is 596. The lowest BCUT2D eigenvalue weighted by molar-refractivity contribution is 0.101. The molecule has 0 saturated heterocycles. The quantitative estimate of drug-likeness (QED) is 0.793. The summed E-state index contributed by atoms with van der Waals surface area (Å²) in [5, 5.41) is 0.517. The minimum atomic E-state index is -0.0263. The Morgan fingerprint density at radius 3 is 2.78 bits per heavy atom. The summed E-state index contributed by atoms with van der Waals surface area (Å²) in [7, 11) is 1.59. The highest BCUT2D eigenvalue weighted by atomic mass is 35.5. The third-order valence-electron chi connectivity index (χ3n) is 2.62. The van der Waals surface area contributed by atoms with Crippen LogP contribution in [0.25, 0.3) is 11.1 Å². The van der Waals surface area contributed by atoms with Gasteiger partial charge in [0.25, 0.3) is 0 Å². The lowest BCUT2D eigenvalue weighted by atomic mass is 10.0. The van der Waals surface area contributed by atoms with Crippen molar-refractivity contribution >= 4 is 17.4 Å². The third kappa shape index (κ3) is 2.51. The Balaban J connectivity index is 2.60. The summed E-state index contributed by atoms with van der Waals surface area (Å²) in [5.41, 5.74) is 2.20. The van der Waals surface area contributed by atoms with Gasteiger partial charge in [-0.2, -0.15) is 0 Å². The summed E-state index contributed by atoms with van der Waals surface area (Å²) in [6.07, 6.45) is 3.34. The van der Waals surface area contributed by atoms with Gasteiger partial charge in [0, 0.05) is 28.5 Å². The standard InChI is InChI=1S/C14H12ClNO2/c1-9(17)10-5-11(7-12(15)6-10)13-8-16-4-3-14(13)18-2/h3-8H,1-2H3. The number of methoxy groups -OCH3 is 1. The Morgan fingerprint density at radius 1 is 1.33 bits per heavy atom. The molecule has 92 valence electrons. The van der Waals surface area contributed by atoms with Crippen molar-refractivity contribution in [1.29, 1.82) is 0 Å². The number of carbonyl (C=O) groups excluding carboxylic acids is 1. The van der Waals surface area contributed by atoms with Gasteiger partial charge >= 0.3 is 0 Å². The zero-order chi connectivity index (χ0) is 13.1. The minimum absolute atomic E-state index is 0.0263. The number of nitrogens with zero attached hydrogens (tertiary/aromatic N) is 1. The maximum absolute atomic E-state index is 11.4. The number of hydrogen-bond acceptors (Lipinski definition) is 3. The van der Waals surface area contributed by atoms with E-state index in [2.05, 4.69) is 4.98 Å². The lowest BCUT2D eigenvalue weighted by Crippen LogP contribution is -1.94. The molecular formula is C14H12ClNO2. The van der Waals surface area contributed by atoms with Crippen LogP contribution in [0.4, 0.5) is 0 Å². The van der Waals surface area contributed by atoms with Crippen LogP contribution in [-0.4, -0.2) is 17.9 Å². The van der Waals surface area contributed by atoms with E-state index in [4.69, 9.17) is 16.3 Å². The average Bonchev–Trinajstić information content (AvgIpc) is 2.38. The molecule has 0 bridgehead atoms. The Kier molecular flexibility index (Phi) is 3.63. The second kappa shape index (κ2) is 5.19. The maximum atomic E-state index is 11.4. The van der Waals surface area contributed by atoms with Gasteiger partial charge in [-0.3, -0.25) is 9.78 Å². The highest BCUT2D eigenvalue weighted by Gasteiger charge is 2.09. The van der Waals surface area contributed by atoms with Crippen LogP contribution in [0.3, 0.4) is 0 Å². The van der Waals surface area contributed by atoms with E-state index < -0.39 is 0 Å². The molecule has 18 heavy (non-hydrogen) atoms. The Hall–Kier alpha value is -1.87. The number of ether oxygens (including phenoxy) is 1. The monoisotopic (exact) mass is 261 g/mol. The number of Topliss-reactive ketones (excluding diaryl/α,β-unsaturated/α-hetero) is 1. The van der Waals surface area contributed by atoms with Crippen LogP contribution in [0.2, 0.25) is 5.02 Å². The van der Waals surface area contributed by atoms with Gasteiger partial charge in [0.1, 0.15) is 5.75 Å². The summed E-state index contributed by atoms with van der Waals surface area (Å²) >= 11 is 6.03. The zero-order valence-corrected chi connectivity index (χ0v) is 10.9. The SMILES string of the molecule is COc1ccncc1-c1cc(Cl)cc(C(C)=O)c1. The molecule has 0 N–H and O–H groups in total. The Morgan fingerprint density at radius 2 is 2.11 bits per heavy atom.